The zero-order valence-electron chi connectivity index (χ0n) is 11.2. The molecule has 0 aromatic carbocycles. The van der Waals surface area contributed by atoms with Crippen LogP contribution in [0.4, 0.5) is 13.2 Å². The molecule has 0 heterocycles. The maximum atomic E-state index is 12.6. The Morgan fingerprint density at radius 2 is 1.95 bits per heavy atom. The summed E-state index contributed by atoms with van der Waals surface area (Å²) in [4.78, 5) is 21.7. The first-order valence-corrected chi connectivity index (χ1v) is 6.53. The predicted octanol–water partition coefficient (Wildman–Crippen LogP) is 2.96. The van der Waals surface area contributed by atoms with E-state index < -0.39 is 34.9 Å². The summed E-state index contributed by atoms with van der Waals surface area (Å²) < 4.78 is 42.6. The lowest BCUT2D eigenvalue weighted by atomic mass is 9.68. The largest absolute Gasteiger partial charge is 0.466 e. The third-order valence-electron chi connectivity index (χ3n) is 3.80. The van der Waals surface area contributed by atoms with Gasteiger partial charge in [-0.1, -0.05) is 0 Å². The maximum absolute atomic E-state index is 12.6. The summed E-state index contributed by atoms with van der Waals surface area (Å²) >= 11 is 0. The third kappa shape index (κ3) is 4.64. The second kappa shape index (κ2) is 6.41. The van der Waals surface area contributed by atoms with Crippen molar-refractivity contribution in [3.05, 3.63) is 10.1 Å². The van der Waals surface area contributed by atoms with E-state index in [1.54, 1.807) is 6.92 Å². The van der Waals surface area contributed by atoms with Gasteiger partial charge < -0.3 is 4.74 Å². The van der Waals surface area contributed by atoms with Crippen LogP contribution in [0.25, 0.3) is 0 Å². The van der Waals surface area contributed by atoms with Crippen LogP contribution < -0.4 is 0 Å². The lowest BCUT2D eigenvalue weighted by Crippen LogP contribution is -2.39. The fraction of sp³-hybridized carbons (Fsp3) is 0.917. The molecule has 0 radical (unpaired) electrons. The lowest BCUT2D eigenvalue weighted by molar-refractivity contribution is -0.499. The van der Waals surface area contributed by atoms with Crippen LogP contribution in [0, 0.1) is 21.4 Å². The van der Waals surface area contributed by atoms with E-state index in [1.165, 1.54) is 0 Å². The number of carbonyl (C=O) groups is 1. The van der Waals surface area contributed by atoms with Crippen molar-refractivity contribution in [2.75, 3.05) is 13.2 Å². The lowest BCUT2D eigenvalue weighted by Gasteiger charge is -2.37. The molecule has 0 bridgehead atoms. The number of ether oxygens (including phenoxy) is 1. The van der Waals surface area contributed by atoms with Crippen molar-refractivity contribution in [3.63, 3.8) is 0 Å². The van der Waals surface area contributed by atoms with Crippen LogP contribution >= 0.6 is 0 Å². The number of carbonyl (C=O) groups excluding carboxylic acids is 1. The number of hydrogen-bond donors (Lipinski definition) is 0. The summed E-state index contributed by atoms with van der Waals surface area (Å²) in [6.07, 6.45) is -4.75. The topological polar surface area (TPSA) is 69.4 Å². The summed E-state index contributed by atoms with van der Waals surface area (Å²) in [7, 11) is 0. The van der Waals surface area contributed by atoms with Crippen molar-refractivity contribution in [2.45, 2.75) is 45.2 Å². The van der Waals surface area contributed by atoms with E-state index in [-0.39, 0.29) is 38.7 Å². The zero-order valence-corrected chi connectivity index (χ0v) is 11.2. The van der Waals surface area contributed by atoms with Gasteiger partial charge >= 0.3 is 12.1 Å². The Morgan fingerprint density at radius 3 is 2.35 bits per heavy atom. The van der Waals surface area contributed by atoms with Crippen LogP contribution in [0.1, 0.15) is 39.0 Å². The first-order chi connectivity index (χ1) is 9.18. The second-order valence-electron chi connectivity index (χ2n) is 5.29. The minimum Gasteiger partial charge on any atom is -0.466 e. The van der Waals surface area contributed by atoms with Gasteiger partial charge in [-0.2, -0.15) is 13.2 Å². The first kappa shape index (κ1) is 16.7. The van der Waals surface area contributed by atoms with Crippen molar-refractivity contribution in [1.29, 1.82) is 0 Å². The van der Waals surface area contributed by atoms with E-state index in [0.29, 0.717) is 0 Å². The molecule has 1 saturated carbocycles. The molecule has 0 aliphatic heterocycles. The van der Waals surface area contributed by atoms with Gasteiger partial charge in [0.25, 0.3) is 0 Å². The molecule has 8 heteroatoms. The molecule has 116 valence electrons. The van der Waals surface area contributed by atoms with Crippen molar-refractivity contribution in [2.24, 2.45) is 11.3 Å². The Labute approximate surface area is 114 Å². The number of halogens is 3. The molecule has 0 aromatic rings. The van der Waals surface area contributed by atoms with Gasteiger partial charge in [-0.05, 0) is 32.6 Å². The summed E-state index contributed by atoms with van der Waals surface area (Å²) in [5.74, 6) is -2.01. The molecule has 1 rings (SSSR count). The van der Waals surface area contributed by atoms with Crippen molar-refractivity contribution in [3.8, 4) is 0 Å². The zero-order chi connectivity index (χ0) is 15.4. The minimum atomic E-state index is -4.27. The van der Waals surface area contributed by atoms with E-state index in [4.69, 9.17) is 4.74 Å². The summed E-state index contributed by atoms with van der Waals surface area (Å²) in [6.45, 7) is 1.27. The van der Waals surface area contributed by atoms with Crippen LogP contribution in [0.2, 0.25) is 0 Å². The highest BCUT2D eigenvalue weighted by Crippen LogP contribution is 2.47. The maximum Gasteiger partial charge on any atom is 0.391 e. The van der Waals surface area contributed by atoms with Gasteiger partial charge in [-0.15, -0.1) is 0 Å². The van der Waals surface area contributed by atoms with Crippen LogP contribution in [0.5, 0.6) is 0 Å². The number of alkyl halides is 3. The molecule has 1 aliphatic rings. The van der Waals surface area contributed by atoms with Crippen molar-refractivity contribution < 1.29 is 27.6 Å². The van der Waals surface area contributed by atoms with Crippen LogP contribution in [0.3, 0.4) is 0 Å². The Kier molecular flexibility index (Phi) is 5.35. The smallest absolute Gasteiger partial charge is 0.391 e. The molecule has 20 heavy (non-hydrogen) atoms. The Bertz CT molecular complexity index is 362. The van der Waals surface area contributed by atoms with Gasteiger partial charge in [0.05, 0.1) is 18.9 Å². The second-order valence-corrected chi connectivity index (χ2v) is 5.29. The molecule has 0 N–H and O–H groups in total. The van der Waals surface area contributed by atoms with Gasteiger partial charge in [0, 0.05) is 10.3 Å². The average molecular weight is 297 g/mol. The molecule has 0 unspecified atom stereocenters. The summed E-state index contributed by atoms with van der Waals surface area (Å²) in [6, 6.07) is 0. The number of hydrogen-bond acceptors (Lipinski definition) is 4. The van der Waals surface area contributed by atoms with Crippen LogP contribution in [-0.4, -0.2) is 30.2 Å². The highest BCUT2D eigenvalue weighted by atomic mass is 19.4. The third-order valence-corrected chi connectivity index (χ3v) is 3.80. The van der Waals surface area contributed by atoms with E-state index >= 15 is 0 Å². The van der Waals surface area contributed by atoms with Gasteiger partial charge in [-0.3, -0.25) is 14.9 Å². The molecule has 1 fully saturated rings. The van der Waals surface area contributed by atoms with Crippen molar-refractivity contribution in [1.82, 2.24) is 0 Å². The Morgan fingerprint density at radius 1 is 1.40 bits per heavy atom. The normalized spacial score (nSPS) is 27.1. The van der Waals surface area contributed by atoms with E-state index in [2.05, 4.69) is 0 Å². The molecule has 0 aromatic heterocycles. The van der Waals surface area contributed by atoms with Gasteiger partial charge in [0.1, 0.15) is 0 Å². The average Bonchev–Trinajstić information content (AvgIpc) is 2.27. The highest BCUT2D eigenvalue weighted by Gasteiger charge is 2.48. The minimum absolute atomic E-state index is 0.0248. The van der Waals surface area contributed by atoms with Crippen LogP contribution in [0.15, 0.2) is 0 Å². The Hall–Kier alpha value is -1.34. The Balaban J connectivity index is 2.73. The van der Waals surface area contributed by atoms with Gasteiger partial charge in [-0.25, -0.2) is 0 Å². The molecular weight excluding hydrogens is 279 g/mol. The standard InChI is InChI=1S/C12H18F3NO4/c1-2-20-10(17)7-11(8-16(18)19)5-3-9(4-6-11)12(13,14)15/h9H,2-8H2,1H3. The van der Waals surface area contributed by atoms with Gasteiger partial charge in [0.15, 0.2) is 0 Å². The number of esters is 1. The molecule has 5 nitrogen and oxygen atoms in total. The first-order valence-electron chi connectivity index (χ1n) is 6.53. The van der Waals surface area contributed by atoms with Crippen LogP contribution in [-0.2, 0) is 9.53 Å². The predicted molar refractivity (Wildman–Crippen MR) is 63.6 cm³/mol. The molecule has 0 saturated heterocycles. The number of nitro groups is 1. The molecular formula is C12H18F3NO4. The molecule has 0 amide bonds. The van der Waals surface area contributed by atoms with E-state index in [9.17, 15) is 28.1 Å². The quantitative estimate of drug-likeness (QED) is 0.444. The fourth-order valence-electron chi connectivity index (χ4n) is 2.74. The van der Waals surface area contributed by atoms with E-state index in [1.807, 2.05) is 0 Å². The summed E-state index contributed by atoms with van der Waals surface area (Å²) in [5.41, 5.74) is -1.00. The highest BCUT2D eigenvalue weighted by molar-refractivity contribution is 5.70. The monoisotopic (exact) mass is 297 g/mol. The molecule has 0 spiro atoms. The van der Waals surface area contributed by atoms with Gasteiger partial charge in [0.2, 0.25) is 6.54 Å². The van der Waals surface area contributed by atoms with Crippen molar-refractivity contribution >= 4 is 5.97 Å². The van der Waals surface area contributed by atoms with E-state index in [0.717, 1.165) is 0 Å². The fourth-order valence-corrected chi connectivity index (χ4v) is 2.74. The molecule has 1 aliphatic carbocycles. The molecule has 0 atom stereocenters. The number of nitrogens with zero attached hydrogens (tertiary/aromatic N) is 1. The summed E-state index contributed by atoms with van der Waals surface area (Å²) in [5, 5.41) is 10.7. The SMILES string of the molecule is CCOC(=O)CC1(C[N+](=O)[O-])CCC(C(F)(F)F)CC1. The number of rotatable bonds is 5.